The Bertz CT molecular complexity index is 862. The molecule has 1 aliphatic rings. The van der Waals surface area contributed by atoms with Crippen molar-refractivity contribution in [2.45, 2.75) is 19.4 Å². The summed E-state index contributed by atoms with van der Waals surface area (Å²) in [5.74, 6) is -0.838. The van der Waals surface area contributed by atoms with E-state index < -0.39 is 5.97 Å². The number of hydrogen-bond donors (Lipinski definition) is 2. The lowest BCUT2D eigenvalue weighted by atomic mass is 10.1. The third kappa shape index (κ3) is 6.23. The van der Waals surface area contributed by atoms with E-state index in [9.17, 15) is 14.4 Å². The van der Waals surface area contributed by atoms with Crippen molar-refractivity contribution < 1.29 is 24.2 Å². The fraction of sp³-hybridized carbons (Fsp3) is 0.318. The smallest absolute Gasteiger partial charge is 0.410 e. The molecule has 0 atom stereocenters. The number of rotatable bonds is 6. The monoisotopic (exact) mass is 411 g/mol. The van der Waals surface area contributed by atoms with Crippen LogP contribution in [0.4, 0.5) is 15.3 Å². The maximum Gasteiger partial charge on any atom is 0.410 e. The number of nitrogens with one attached hydrogen (secondary N) is 1. The van der Waals surface area contributed by atoms with Crippen LogP contribution in [-0.2, 0) is 22.6 Å². The SMILES string of the molecule is O=C(O)CCc1ccc(NC(=O)N2CCN(C(=O)OCc3ccccc3)CC2)cc1. The highest BCUT2D eigenvalue weighted by Gasteiger charge is 2.25. The van der Waals surface area contributed by atoms with Gasteiger partial charge in [-0.25, -0.2) is 9.59 Å². The maximum absolute atomic E-state index is 12.5. The number of aryl methyl sites for hydroxylation is 1. The van der Waals surface area contributed by atoms with Crippen LogP contribution in [0.15, 0.2) is 54.6 Å². The Labute approximate surface area is 175 Å². The molecule has 8 heteroatoms. The lowest BCUT2D eigenvalue weighted by Crippen LogP contribution is -2.51. The molecule has 158 valence electrons. The number of benzene rings is 2. The molecule has 3 rings (SSSR count). The summed E-state index contributed by atoms with van der Waals surface area (Å²) < 4.78 is 5.34. The largest absolute Gasteiger partial charge is 0.481 e. The van der Waals surface area contributed by atoms with Gasteiger partial charge in [0.25, 0.3) is 0 Å². The lowest BCUT2D eigenvalue weighted by molar-refractivity contribution is -0.136. The van der Waals surface area contributed by atoms with E-state index >= 15 is 0 Å². The van der Waals surface area contributed by atoms with E-state index in [1.807, 2.05) is 30.3 Å². The van der Waals surface area contributed by atoms with Crippen LogP contribution in [0, 0.1) is 0 Å². The third-order valence-electron chi connectivity index (χ3n) is 4.86. The number of carboxylic acids is 1. The number of aliphatic carboxylic acids is 1. The van der Waals surface area contributed by atoms with Gasteiger partial charge in [-0.05, 0) is 29.7 Å². The van der Waals surface area contributed by atoms with Gasteiger partial charge in [-0.15, -0.1) is 0 Å². The zero-order valence-corrected chi connectivity index (χ0v) is 16.6. The fourth-order valence-electron chi connectivity index (χ4n) is 3.11. The first-order valence-electron chi connectivity index (χ1n) is 9.83. The van der Waals surface area contributed by atoms with E-state index in [-0.39, 0.29) is 25.2 Å². The van der Waals surface area contributed by atoms with Gasteiger partial charge in [0.15, 0.2) is 0 Å². The zero-order valence-electron chi connectivity index (χ0n) is 16.6. The summed E-state index contributed by atoms with van der Waals surface area (Å²) in [6, 6.07) is 16.4. The Balaban J connectivity index is 1.41. The molecule has 1 fully saturated rings. The molecule has 0 saturated carbocycles. The van der Waals surface area contributed by atoms with Gasteiger partial charge in [-0.1, -0.05) is 42.5 Å². The Morgan fingerprint density at radius 2 is 1.50 bits per heavy atom. The molecule has 3 amide bonds. The van der Waals surface area contributed by atoms with Crippen molar-refractivity contribution in [1.29, 1.82) is 0 Å². The molecule has 1 aliphatic heterocycles. The van der Waals surface area contributed by atoms with E-state index in [1.165, 1.54) is 0 Å². The minimum atomic E-state index is -0.838. The van der Waals surface area contributed by atoms with Crippen molar-refractivity contribution >= 4 is 23.8 Å². The van der Waals surface area contributed by atoms with E-state index in [1.54, 1.807) is 34.1 Å². The molecule has 0 radical (unpaired) electrons. The number of piperazine rings is 1. The van der Waals surface area contributed by atoms with Crippen molar-refractivity contribution in [1.82, 2.24) is 9.80 Å². The number of carboxylic acid groups (broad SMARTS) is 1. The number of amides is 3. The van der Waals surface area contributed by atoms with Crippen LogP contribution in [0.3, 0.4) is 0 Å². The number of anilines is 1. The molecule has 0 unspecified atom stereocenters. The summed E-state index contributed by atoms with van der Waals surface area (Å²) in [6.07, 6.45) is 0.145. The average molecular weight is 411 g/mol. The van der Waals surface area contributed by atoms with Gasteiger partial charge in [0.05, 0.1) is 0 Å². The van der Waals surface area contributed by atoms with Gasteiger partial charge < -0.3 is 25.0 Å². The first kappa shape index (κ1) is 21.2. The standard InChI is InChI=1S/C22H25N3O5/c26-20(27)11-8-17-6-9-19(10-7-17)23-21(28)24-12-14-25(15-13-24)22(29)30-16-18-4-2-1-3-5-18/h1-7,9-10H,8,11-16H2,(H,23,28)(H,26,27). The van der Waals surface area contributed by atoms with Crippen LogP contribution in [0.5, 0.6) is 0 Å². The summed E-state index contributed by atoms with van der Waals surface area (Å²) in [6.45, 7) is 1.89. The molecular weight excluding hydrogens is 386 g/mol. The normalized spacial score (nSPS) is 13.6. The van der Waals surface area contributed by atoms with Crippen LogP contribution in [0.1, 0.15) is 17.5 Å². The minimum absolute atomic E-state index is 0.0732. The first-order chi connectivity index (χ1) is 14.5. The number of carbonyl (C=O) groups excluding carboxylic acids is 2. The van der Waals surface area contributed by atoms with Gasteiger partial charge >= 0.3 is 18.1 Å². The summed E-state index contributed by atoms with van der Waals surface area (Å²) in [5, 5.41) is 11.6. The molecule has 8 nitrogen and oxygen atoms in total. The van der Waals surface area contributed by atoms with Crippen molar-refractivity contribution in [2.24, 2.45) is 0 Å². The van der Waals surface area contributed by atoms with E-state index in [4.69, 9.17) is 9.84 Å². The van der Waals surface area contributed by atoms with Gasteiger partial charge in [-0.3, -0.25) is 4.79 Å². The second-order valence-corrected chi connectivity index (χ2v) is 7.04. The second-order valence-electron chi connectivity index (χ2n) is 7.04. The molecule has 30 heavy (non-hydrogen) atoms. The van der Waals surface area contributed by atoms with Gasteiger partial charge in [-0.2, -0.15) is 0 Å². The molecule has 0 aromatic heterocycles. The van der Waals surface area contributed by atoms with E-state index in [2.05, 4.69) is 5.32 Å². The summed E-state index contributed by atoms with van der Waals surface area (Å²) in [5.41, 5.74) is 2.47. The lowest BCUT2D eigenvalue weighted by Gasteiger charge is -2.34. The van der Waals surface area contributed by atoms with Crippen LogP contribution >= 0.6 is 0 Å². The Hall–Kier alpha value is -3.55. The molecule has 1 saturated heterocycles. The van der Waals surface area contributed by atoms with Crippen molar-refractivity contribution in [3.8, 4) is 0 Å². The molecule has 0 aliphatic carbocycles. The van der Waals surface area contributed by atoms with Crippen molar-refractivity contribution in [3.05, 3.63) is 65.7 Å². The highest BCUT2D eigenvalue weighted by atomic mass is 16.6. The number of urea groups is 1. The van der Waals surface area contributed by atoms with E-state index in [0.717, 1.165) is 11.1 Å². The van der Waals surface area contributed by atoms with Crippen LogP contribution < -0.4 is 5.32 Å². The molecule has 2 N–H and O–H groups in total. The molecule has 1 heterocycles. The van der Waals surface area contributed by atoms with Crippen molar-refractivity contribution in [2.75, 3.05) is 31.5 Å². The molecule has 0 bridgehead atoms. The van der Waals surface area contributed by atoms with Gasteiger partial charge in [0.1, 0.15) is 6.61 Å². The second kappa shape index (κ2) is 10.3. The number of carbonyl (C=O) groups is 3. The molecule has 0 spiro atoms. The molecule has 2 aromatic carbocycles. The topological polar surface area (TPSA) is 99.2 Å². The molecule has 2 aromatic rings. The van der Waals surface area contributed by atoms with E-state index in [0.29, 0.717) is 38.3 Å². The van der Waals surface area contributed by atoms with Crippen LogP contribution in [0.25, 0.3) is 0 Å². The van der Waals surface area contributed by atoms with Crippen LogP contribution in [0.2, 0.25) is 0 Å². The zero-order chi connectivity index (χ0) is 21.3. The predicted octanol–water partition coefficient (Wildman–Crippen LogP) is 3.19. The maximum atomic E-state index is 12.5. The van der Waals surface area contributed by atoms with Gasteiger partial charge in [0, 0.05) is 38.3 Å². The fourth-order valence-corrected chi connectivity index (χ4v) is 3.11. The minimum Gasteiger partial charge on any atom is -0.481 e. The quantitative estimate of drug-likeness (QED) is 0.761. The number of nitrogens with zero attached hydrogens (tertiary/aromatic N) is 2. The van der Waals surface area contributed by atoms with Crippen molar-refractivity contribution in [3.63, 3.8) is 0 Å². The highest BCUT2D eigenvalue weighted by Crippen LogP contribution is 2.13. The number of ether oxygens (including phenoxy) is 1. The third-order valence-corrected chi connectivity index (χ3v) is 4.86. The average Bonchev–Trinajstić information content (AvgIpc) is 2.77. The number of hydrogen-bond acceptors (Lipinski definition) is 4. The summed E-state index contributed by atoms with van der Waals surface area (Å²) in [4.78, 5) is 38.6. The molecular formula is C22H25N3O5. The summed E-state index contributed by atoms with van der Waals surface area (Å²) in [7, 11) is 0. The predicted molar refractivity (Wildman–Crippen MR) is 111 cm³/mol. The van der Waals surface area contributed by atoms with Gasteiger partial charge in [0.2, 0.25) is 0 Å². The summed E-state index contributed by atoms with van der Waals surface area (Å²) >= 11 is 0. The van der Waals surface area contributed by atoms with Crippen LogP contribution in [-0.4, -0.2) is 59.2 Å². The first-order valence-corrected chi connectivity index (χ1v) is 9.83. The Kier molecular flexibility index (Phi) is 7.26. The Morgan fingerprint density at radius 3 is 2.13 bits per heavy atom. The Morgan fingerprint density at radius 1 is 0.867 bits per heavy atom. The highest BCUT2D eigenvalue weighted by molar-refractivity contribution is 5.89.